The summed E-state index contributed by atoms with van der Waals surface area (Å²) in [5.74, 6) is -0.209. The molecule has 6 heteroatoms. The number of aliphatic hydroxyl groups is 1. The third-order valence-electron chi connectivity index (χ3n) is 3.31. The van der Waals surface area contributed by atoms with E-state index in [0.29, 0.717) is 5.56 Å². The molecule has 118 valence electrons. The van der Waals surface area contributed by atoms with E-state index in [2.05, 4.69) is 4.74 Å². The van der Waals surface area contributed by atoms with E-state index in [9.17, 15) is 13.6 Å². The summed E-state index contributed by atoms with van der Waals surface area (Å²) in [6.07, 6.45) is 1.57. The van der Waals surface area contributed by atoms with Gasteiger partial charge in [-0.05, 0) is 37.1 Å². The van der Waals surface area contributed by atoms with Crippen molar-refractivity contribution in [1.29, 1.82) is 0 Å². The van der Waals surface area contributed by atoms with Gasteiger partial charge in [-0.25, -0.2) is 0 Å². The largest absolute Gasteiger partial charge is 0.435 e. The highest BCUT2D eigenvalue weighted by Gasteiger charge is 2.21. The Kier molecular flexibility index (Phi) is 7.08. The predicted octanol–water partition coefficient (Wildman–Crippen LogP) is 2.91. The van der Waals surface area contributed by atoms with Crippen LogP contribution in [0.3, 0.4) is 0 Å². The number of aliphatic hydroxyl groups excluding tert-OH is 1. The number of alkyl halides is 2. The number of rotatable bonds is 8. The van der Waals surface area contributed by atoms with Gasteiger partial charge in [0.2, 0.25) is 0 Å². The highest BCUT2D eigenvalue weighted by molar-refractivity contribution is 5.94. The van der Waals surface area contributed by atoms with Crippen molar-refractivity contribution in [2.45, 2.75) is 39.3 Å². The molecule has 21 heavy (non-hydrogen) atoms. The lowest BCUT2D eigenvalue weighted by Gasteiger charge is -2.30. The van der Waals surface area contributed by atoms with Gasteiger partial charge in [0.05, 0.1) is 6.61 Å². The molecular weight excluding hydrogens is 280 g/mol. The summed E-state index contributed by atoms with van der Waals surface area (Å²) in [7, 11) is 0. The van der Waals surface area contributed by atoms with E-state index in [1.165, 1.54) is 24.3 Å². The first-order valence-corrected chi connectivity index (χ1v) is 7.00. The molecule has 1 rings (SSSR count). The molecule has 0 spiro atoms. The molecule has 0 radical (unpaired) electrons. The summed E-state index contributed by atoms with van der Waals surface area (Å²) in [6, 6.07) is 5.62. The van der Waals surface area contributed by atoms with Crippen molar-refractivity contribution in [3.63, 3.8) is 0 Å². The first-order valence-electron chi connectivity index (χ1n) is 7.00. The fraction of sp³-hybridized carbons (Fsp3) is 0.533. The van der Waals surface area contributed by atoms with E-state index in [-0.39, 0.29) is 30.9 Å². The lowest BCUT2D eigenvalue weighted by atomic mass is 10.1. The molecule has 1 aromatic carbocycles. The normalized spacial score (nSPS) is 11.0. The Bertz CT molecular complexity index is 433. The topological polar surface area (TPSA) is 49.8 Å². The lowest BCUT2D eigenvalue weighted by Crippen LogP contribution is -2.41. The van der Waals surface area contributed by atoms with Crippen LogP contribution in [0.15, 0.2) is 24.3 Å². The Labute approximate surface area is 123 Å². The number of carbonyl (C=O) groups excluding carboxylic acids is 1. The molecule has 1 amide bonds. The third-order valence-corrected chi connectivity index (χ3v) is 3.31. The highest BCUT2D eigenvalue weighted by Crippen LogP contribution is 2.18. The van der Waals surface area contributed by atoms with Crippen molar-refractivity contribution in [1.82, 2.24) is 4.90 Å². The molecule has 0 aliphatic heterocycles. The zero-order valence-corrected chi connectivity index (χ0v) is 12.3. The summed E-state index contributed by atoms with van der Waals surface area (Å²) in [4.78, 5) is 14.1. The number of amides is 1. The van der Waals surface area contributed by atoms with E-state index >= 15 is 0 Å². The van der Waals surface area contributed by atoms with Gasteiger partial charge in [0.1, 0.15) is 5.75 Å². The van der Waals surface area contributed by atoms with Crippen LogP contribution in [0.2, 0.25) is 0 Å². The summed E-state index contributed by atoms with van der Waals surface area (Å²) >= 11 is 0. The zero-order valence-electron chi connectivity index (χ0n) is 12.3. The SMILES string of the molecule is CCC(CC)N(CCO)C(=O)c1ccc(OC(F)F)cc1. The van der Waals surface area contributed by atoms with Gasteiger partial charge < -0.3 is 14.7 Å². The number of hydrogen-bond acceptors (Lipinski definition) is 3. The summed E-state index contributed by atoms with van der Waals surface area (Å²) in [5.41, 5.74) is 0.386. The van der Waals surface area contributed by atoms with Crippen molar-refractivity contribution in [3.05, 3.63) is 29.8 Å². The number of hydrogen-bond donors (Lipinski definition) is 1. The average Bonchev–Trinajstić information content (AvgIpc) is 2.47. The van der Waals surface area contributed by atoms with Gasteiger partial charge in [-0.3, -0.25) is 4.79 Å². The van der Waals surface area contributed by atoms with Crippen molar-refractivity contribution >= 4 is 5.91 Å². The number of nitrogens with zero attached hydrogens (tertiary/aromatic N) is 1. The standard InChI is InChI=1S/C15H21F2NO3/c1-3-12(4-2)18(9-10-19)14(20)11-5-7-13(8-6-11)21-15(16)17/h5-8,12,15,19H,3-4,9-10H2,1-2H3. The Morgan fingerprint density at radius 2 is 1.81 bits per heavy atom. The summed E-state index contributed by atoms with van der Waals surface area (Å²) < 4.78 is 28.4. The first kappa shape index (κ1) is 17.4. The summed E-state index contributed by atoms with van der Waals surface area (Å²) in [6.45, 7) is 1.20. The van der Waals surface area contributed by atoms with Gasteiger partial charge in [-0.2, -0.15) is 8.78 Å². The number of halogens is 2. The molecule has 0 aliphatic carbocycles. The first-order chi connectivity index (χ1) is 10.0. The smallest absolute Gasteiger partial charge is 0.387 e. The minimum atomic E-state index is -2.89. The van der Waals surface area contributed by atoms with Crippen LogP contribution < -0.4 is 4.74 Å². The van der Waals surface area contributed by atoms with Crippen LogP contribution in [0.4, 0.5) is 8.78 Å². The fourth-order valence-corrected chi connectivity index (χ4v) is 2.23. The van der Waals surface area contributed by atoms with Gasteiger partial charge in [0.25, 0.3) is 5.91 Å². The van der Waals surface area contributed by atoms with Crippen molar-refractivity contribution in [2.24, 2.45) is 0 Å². The summed E-state index contributed by atoms with van der Waals surface area (Å²) in [5, 5.41) is 9.12. The van der Waals surface area contributed by atoms with E-state index in [1.54, 1.807) is 4.90 Å². The average molecular weight is 301 g/mol. The molecule has 0 aliphatic rings. The van der Waals surface area contributed by atoms with Gasteiger partial charge in [-0.1, -0.05) is 13.8 Å². The molecule has 0 saturated heterocycles. The molecule has 4 nitrogen and oxygen atoms in total. The van der Waals surface area contributed by atoms with E-state index in [1.807, 2.05) is 13.8 Å². The molecule has 1 aromatic rings. The fourth-order valence-electron chi connectivity index (χ4n) is 2.23. The number of benzene rings is 1. The van der Waals surface area contributed by atoms with Gasteiger partial charge in [-0.15, -0.1) is 0 Å². The molecule has 0 heterocycles. The third kappa shape index (κ3) is 4.97. The predicted molar refractivity (Wildman–Crippen MR) is 75.6 cm³/mol. The van der Waals surface area contributed by atoms with Crippen LogP contribution in [0.25, 0.3) is 0 Å². The Morgan fingerprint density at radius 3 is 2.24 bits per heavy atom. The lowest BCUT2D eigenvalue weighted by molar-refractivity contribution is -0.0498. The van der Waals surface area contributed by atoms with Crippen LogP contribution >= 0.6 is 0 Å². The van der Waals surface area contributed by atoms with Crippen molar-refractivity contribution in [2.75, 3.05) is 13.2 Å². The van der Waals surface area contributed by atoms with Crippen molar-refractivity contribution in [3.8, 4) is 5.75 Å². The maximum Gasteiger partial charge on any atom is 0.387 e. The zero-order chi connectivity index (χ0) is 15.8. The second-order valence-corrected chi connectivity index (χ2v) is 4.60. The molecule has 1 N–H and O–H groups in total. The van der Waals surface area contributed by atoms with Crippen LogP contribution in [-0.4, -0.2) is 41.7 Å². The van der Waals surface area contributed by atoms with Crippen LogP contribution in [0, 0.1) is 0 Å². The van der Waals surface area contributed by atoms with Crippen LogP contribution in [-0.2, 0) is 0 Å². The molecule has 0 atom stereocenters. The Morgan fingerprint density at radius 1 is 1.24 bits per heavy atom. The molecule has 0 saturated carbocycles. The maximum atomic E-state index is 12.5. The molecule has 0 bridgehead atoms. The number of ether oxygens (including phenoxy) is 1. The second kappa shape index (κ2) is 8.56. The minimum Gasteiger partial charge on any atom is -0.435 e. The van der Waals surface area contributed by atoms with Crippen molar-refractivity contribution < 1.29 is 23.4 Å². The van der Waals surface area contributed by atoms with E-state index in [4.69, 9.17) is 5.11 Å². The number of carbonyl (C=O) groups is 1. The van der Waals surface area contributed by atoms with Gasteiger partial charge in [0.15, 0.2) is 0 Å². The van der Waals surface area contributed by atoms with E-state index in [0.717, 1.165) is 12.8 Å². The Hall–Kier alpha value is -1.69. The highest BCUT2D eigenvalue weighted by atomic mass is 19.3. The Balaban J connectivity index is 2.88. The van der Waals surface area contributed by atoms with Crippen LogP contribution in [0.1, 0.15) is 37.0 Å². The van der Waals surface area contributed by atoms with Gasteiger partial charge >= 0.3 is 6.61 Å². The molecule has 0 unspecified atom stereocenters. The minimum absolute atomic E-state index is 0.0118. The maximum absolute atomic E-state index is 12.5. The van der Waals surface area contributed by atoms with Crippen LogP contribution in [0.5, 0.6) is 5.75 Å². The molecule has 0 fully saturated rings. The van der Waals surface area contributed by atoms with E-state index < -0.39 is 6.61 Å². The molecule has 0 aromatic heterocycles. The monoisotopic (exact) mass is 301 g/mol. The second-order valence-electron chi connectivity index (χ2n) is 4.60. The molecular formula is C15H21F2NO3. The quantitative estimate of drug-likeness (QED) is 0.803. The van der Waals surface area contributed by atoms with Gasteiger partial charge in [0, 0.05) is 18.2 Å².